The average molecular weight is 342 g/mol. The lowest BCUT2D eigenvalue weighted by Crippen LogP contribution is -2.39. The van der Waals surface area contributed by atoms with Gasteiger partial charge in [-0.2, -0.15) is 0 Å². The van der Waals surface area contributed by atoms with Crippen molar-refractivity contribution in [1.29, 1.82) is 0 Å². The monoisotopic (exact) mass is 342 g/mol. The Morgan fingerprint density at radius 1 is 1.20 bits per heavy atom. The van der Waals surface area contributed by atoms with E-state index in [-0.39, 0.29) is 17.2 Å². The second-order valence-electron chi connectivity index (χ2n) is 6.51. The van der Waals surface area contributed by atoms with Crippen LogP contribution in [0.25, 0.3) is 11.2 Å². The Balaban J connectivity index is 2.20. The van der Waals surface area contributed by atoms with E-state index < -0.39 is 0 Å². The van der Waals surface area contributed by atoms with Gasteiger partial charge in [0.05, 0.1) is 20.0 Å². The van der Waals surface area contributed by atoms with E-state index in [9.17, 15) is 9.59 Å². The van der Waals surface area contributed by atoms with Gasteiger partial charge >= 0.3 is 5.69 Å². The van der Waals surface area contributed by atoms with E-state index >= 15 is 0 Å². The Morgan fingerprint density at radius 3 is 2.60 bits per heavy atom. The van der Waals surface area contributed by atoms with Crippen molar-refractivity contribution in [3.05, 3.63) is 57.0 Å². The Morgan fingerprint density at radius 2 is 1.92 bits per heavy atom. The molecule has 7 nitrogen and oxygen atoms in total. The fourth-order valence-electron chi connectivity index (χ4n) is 2.97. The molecule has 7 heteroatoms. The summed E-state index contributed by atoms with van der Waals surface area (Å²) >= 11 is 0. The molecule has 0 atom stereocenters. The number of hydrogen-bond acceptors (Lipinski definition) is 4. The highest BCUT2D eigenvalue weighted by molar-refractivity contribution is 5.70. The maximum atomic E-state index is 12.7. The molecule has 0 fully saturated rings. The second kappa shape index (κ2) is 6.58. The van der Waals surface area contributed by atoms with Crippen molar-refractivity contribution in [3.8, 4) is 5.75 Å². The summed E-state index contributed by atoms with van der Waals surface area (Å²) in [5.41, 5.74) is 1.11. The zero-order chi connectivity index (χ0) is 18.1. The summed E-state index contributed by atoms with van der Waals surface area (Å²) in [7, 11) is 3.12. The van der Waals surface area contributed by atoms with Gasteiger partial charge in [0.2, 0.25) is 0 Å². The smallest absolute Gasteiger partial charge is 0.332 e. The number of aromatic nitrogens is 4. The molecule has 1 aromatic carbocycles. The summed E-state index contributed by atoms with van der Waals surface area (Å²) < 4.78 is 9.87. The van der Waals surface area contributed by atoms with Crippen molar-refractivity contribution < 1.29 is 4.74 Å². The van der Waals surface area contributed by atoms with Gasteiger partial charge in [0.1, 0.15) is 5.75 Å². The van der Waals surface area contributed by atoms with Crippen molar-refractivity contribution in [3.63, 3.8) is 0 Å². The second-order valence-corrected chi connectivity index (χ2v) is 6.51. The molecule has 0 spiro atoms. The molecule has 0 radical (unpaired) electrons. The van der Waals surface area contributed by atoms with E-state index in [1.54, 1.807) is 22.6 Å². The normalized spacial score (nSPS) is 11.4. The molecule has 25 heavy (non-hydrogen) atoms. The highest BCUT2D eigenvalue weighted by Gasteiger charge is 2.17. The first-order chi connectivity index (χ1) is 11.9. The average Bonchev–Trinajstić information content (AvgIpc) is 3.00. The van der Waals surface area contributed by atoms with Crippen molar-refractivity contribution in [2.45, 2.75) is 26.9 Å². The third-order valence-corrected chi connectivity index (χ3v) is 4.18. The minimum atomic E-state index is -0.340. The molecule has 0 aliphatic heterocycles. The molecule has 132 valence electrons. The maximum absolute atomic E-state index is 12.7. The molecular formula is C18H22N4O3. The van der Waals surface area contributed by atoms with Gasteiger partial charge in [-0.25, -0.2) is 9.78 Å². The molecule has 0 saturated heterocycles. The maximum Gasteiger partial charge on any atom is 0.332 e. The van der Waals surface area contributed by atoms with Gasteiger partial charge in [-0.1, -0.05) is 32.0 Å². The molecule has 0 unspecified atom stereocenters. The minimum absolute atomic E-state index is 0.262. The van der Waals surface area contributed by atoms with Crippen LogP contribution in [0.15, 0.2) is 40.2 Å². The lowest BCUT2D eigenvalue weighted by atomic mass is 10.2. The number of ether oxygens (including phenoxy) is 1. The van der Waals surface area contributed by atoms with E-state index in [4.69, 9.17) is 4.74 Å². The quantitative estimate of drug-likeness (QED) is 0.706. The molecule has 3 aromatic rings. The molecule has 0 aliphatic rings. The first kappa shape index (κ1) is 17.0. The number of rotatable bonds is 5. The van der Waals surface area contributed by atoms with Crippen LogP contribution < -0.4 is 16.0 Å². The van der Waals surface area contributed by atoms with Gasteiger partial charge < -0.3 is 9.30 Å². The van der Waals surface area contributed by atoms with E-state index in [0.717, 1.165) is 15.9 Å². The van der Waals surface area contributed by atoms with Gasteiger partial charge in [-0.3, -0.25) is 13.9 Å². The van der Waals surface area contributed by atoms with Crippen LogP contribution >= 0.6 is 0 Å². The number of benzene rings is 1. The van der Waals surface area contributed by atoms with Crippen molar-refractivity contribution >= 4 is 11.2 Å². The Hall–Kier alpha value is -2.83. The number of fused-ring (bicyclic) bond motifs is 1. The first-order valence-electron chi connectivity index (χ1n) is 8.20. The molecule has 0 saturated carbocycles. The number of para-hydroxylation sites is 1. The summed E-state index contributed by atoms with van der Waals surface area (Å²) in [5, 5.41) is 0. The number of imidazole rings is 1. The first-order valence-corrected chi connectivity index (χ1v) is 8.20. The van der Waals surface area contributed by atoms with Crippen LogP contribution in [0.4, 0.5) is 0 Å². The van der Waals surface area contributed by atoms with Crippen molar-refractivity contribution in [2.24, 2.45) is 13.0 Å². The van der Waals surface area contributed by atoms with Crippen LogP contribution in [0.2, 0.25) is 0 Å². The summed E-state index contributed by atoms with van der Waals surface area (Å²) in [5.74, 6) is 1.01. The molecule has 3 rings (SSSR count). The molecule has 0 aliphatic carbocycles. The zero-order valence-electron chi connectivity index (χ0n) is 14.9. The Labute approximate surface area is 145 Å². The molecule has 0 amide bonds. The largest absolute Gasteiger partial charge is 0.496 e. The molecule has 2 aromatic heterocycles. The number of nitrogens with zero attached hydrogens (tertiary/aromatic N) is 4. The SMILES string of the molecule is COc1ccccc1Cn1cnc2c1c(=O)n(C)c(=O)n2CC(C)C. The van der Waals surface area contributed by atoms with E-state index in [1.807, 2.05) is 38.1 Å². The van der Waals surface area contributed by atoms with E-state index in [0.29, 0.717) is 24.3 Å². The molecular weight excluding hydrogens is 320 g/mol. The number of methoxy groups -OCH3 is 1. The van der Waals surface area contributed by atoms with Crippen molar-refractivity contribution in [1.82, 2.24) is 18.7 Å². The third-order valence-electron chi connectivity index (χ3n) is 4.18. The zero-order valence-corrected chi connectivity index (χ0v) is 14.9. The molecule has 0 N–H and O–H groups in total. The van der Waals surface area contributed by atoms with E-state index in [2.05, 4.69) is 4.98 Å². The Kier molecular flexibility index (Phi) is 4.48. The van der Waals surface area contributed by atoms with Crippen LogP contribution in [0.1, 0.15) is 19.4 Å². The molecule has 2 heterocycles. The summed E-state index contributed by atoms with van der Waals surface area (Å²) in [6.45, 7) is 5.00. The van der Waals surface area contributed by atoms with Gasteiger partial charge in [0, 0.05) is 19.2 Å². The van der Waals surface area contributed by atoms with Gasteiger partial charge in [0.15, 0.2) is 11.2 Å². The summed E-state index contributed by atoms with van der Waals surface area (Å²) in [6.07, 6.45) is 1.61. The molecule has 0 bridgehead atoms. The predicted octanol–water partition coefficient (Wildman–Crippen LogP) is 1.61. The topological polar surface area (TPSA) is 71.1 Å². The lowest BCUT2D eigenvalue weighted by molar-refractivity contribution is 0.408. The van der Waals surface area contributed by atoms with Gasteiger partial charge in [0.25, 0.3) is 5.56 Å². The Bertz CT molecular complexity index is 1030. The van der Waals surface area contributed by atoms with Crippen LogP contribution in [0.3, 0.4) is 0 Å². The van der Waals surface area contributed by atoms with Crippen molar-refractivity contribution in [2.75, 3.05) is 7.11 Å². The predicted molar refractivity (Wildman–Crippen MR) is 96.2 cm³/mol. The van der Waals surface area contributed by atoms with Crippen LogP contribution in [-0.4, -0.2) is 25.8 Å². The fourth-order valence-corrected chi connectivity index (χ4v) is 2.97. The standard InChI is InChI=1S/C18H22N4O3/c1-12(2)9-22-16-15(17(23)20(3)18(22)24)21(11-19-16)10-13-7-5-6-8-14(13)25-4/h5-8,11-12H,9-10H2,1-4H3. The minimum Gasteiger partial charge on any atom is -0.496 e. The van der Waals surface area contributed by atoms with Crippen LogP contribution in [-0.2, 0) is 20.1 Å². The highest BCUT2D eigenvalue weighted by Crippen LogP contribution is 2.20. The van der Waals surface area contributed by atoms with Gasteiger partial charge in [-0.15, -0.1) is 0 Å². The third kappa shape index (κ3) is 2.97. The van der Waals surface area contributed by atoms with Gasteiger partial charge in [-0.05, 0) is 12.0 Å². The summed E-state index contributed by atoms with van der Waals surface area (Å²) in [4.78, 5) is 29.5. The highest BCUT2D eigenvalue weighted by atomic mass is 16.5. The lowest BCUT2D eigenvalue weighted by Gasteiger charge is -2.12. The summed E-state index contributed by atoms with van der Waals surface area (Å²) in [6, 6.07) is 7.64. The fraction of sp³-hybridized carbons (Fsp3) is 0.389. The van der Waals surface area contributed by atoms with Crippen LogP contribution in [0.5, 0.6) is 5.75 Å². The van der Waals surface area contributed by atoms with E-state index in [1.165, 1.54) is 7.05 Å². The number of hydrogen-bond donors (Lipinski definition) is 0. The van der Waals surface area contributed by atoms with Crippen LogP contribution in [0, 0.1) is 5.92 Å².